The first-order chi connectivity index (χ1) is 23.9. The predicted molar refractivity (Wildman–Crippen MR) is 191 cm³/mol. The van der Waals surface area contributed by atoms with Crippen molar-refractivity contribution in [2.24, 2.45) is 0 Å². The summed E-state index contributed by atoms with van der Waals surface area (Å²) >= 11 is 2.70. The van der Waals surface area contributed by atoms with Gasteiger partial charge in [0, 0.05) is 11.3 Å². The monoisotopic (exact) mass is 697 g/mol. The Balaban J connectivity index is 1.40. The van der Waals surface area contributed by atoms with Crippen LogP contribution in [0.2, 0.25) is 0 Å². The smallest absolute Gasteiger partial charge is 0.301 e. The molecule has 0 unspecified atom stereocenters. The minimum absolute atomic E-state index is 0.112. The molecule has 12 heteroatoms. The van der Waals surface area contributed by atoms with Crippen LogP contribution in [-0.4, -0.2) is 54.9 Å². The summed E-state index contributed by atoms with van der Waals surface area (Å²) in [5.74, 6) is 0.313. The maximum atomic E-state index is 13.9. The Labute approximate surface area is 292 Å². The number of hydrogen-bond acceptors (Lipinski definition) is 11. The van der Waals surface area contributed by atoms with Crippen molar-refractivity contribution in [3.05, 3.63) is 101 Å². The van der Waals surface area contributed by atoms with Gasteiger partial charge in [0.2, 0.25) is 5.13 Å². The molecule has 2 heterocycles. The van der Waals surface area contributed by atoms with E-state index in [0.717, 1.165) is 29.2 Å². The second-order valence-electron chi connectivity index (χ2n) is 11.1. The Morgan fingerprint density at radius 1 is 0.878 bits per heavy atom. The molecule has 1 fully saturated rings. The van der Waals surface area contributed by atoms with E-state index in [1.165, 1.54) is 49.3 Å². The topological polar surface area (TPSA) is 120 Å². The highest BCUT2D eigenvalue weighted by atomic mass is 32.2. The maximum absolute atomic E-state index is 13.9. The van der Waals surface area contributed by atoms with E-state index in [-0.39, 0.29) is 22.0 Å². The fourth-order valence-corrected chi connectivity index (χ4v) is 7.57. The molecule has 252 valence electrons. The summed E-state index contributed by atoms with van der Waals surface area (Å²) in [6.45, 7) is 2.58. The summed E-state index contributed by atoms with van der Waals surface area (Å²) in [5.41, 5.74) is 1.82. The lowest BCUT2D eigenvalue weighted by Crippen LogP contribution is -2.29. The van der Waals surface area contributed by atoms with E-state index >= 15 is 0 Å². The summed E-state index contributed by atoms with van der Waals surface area (Å²) in [5, 5.41) is 23.0. The zero-order valence-electron chi connectivity index (χ0n) is 27.5. The fourth-order valence-electron chi connectivity index (χ4n) is 5.70. The van der Waals surface area contributed by atoms with Crippen molar-refractivity contribution < 1.29 is 33.6 Å². The van der Waals surface area contributed by atoms with Crippen molar-refractivity contribution in [1.82, 2.24) is 10.2 Å². The van der Waals surface area contributed by atoms with E-state index in [1.807, 2.05) is 18.2 Å². The minimum Gasteiger partial charge on any atom is -0.507 e. The van der Waals surface area contributed by atoms with E-state index in [1.54, 1.807) is 36.4 Å². The minimum atomic E-state index is -1.05. The number of fused-ring (bicyclic) bond motifs is 1. The first kappa shape index (κ1) is 33.8. The average Bonchev–Trinajstić information content (AvgIpc) is 3.71. The summed E-state index contributed by atoms with van der Waals surface area (Å²) in [6.07, 6.45) is 1.84. The normalized spacial score (nSPS) is 15.5. The number of aromatic nitrogens is 2. The number of benzene rings is 4. The summed E-state index contributed by atoms with van der Waals surface area (Å²) in [7, 11) is 4.50. The molecule has 0 spiro atoms. The molecule has 1 saturated heterocycles. The maximum Gasteiger partial charge on any atom is 0.301 e. The lowest BCUT2D eigenvalue weighted by atomic mass is 9.95. The van der Waals surface area contributed by atoms with Gasteiger partial charge in [0.25, 0.3) is 5.78 Å². The van der Waals surface area contributed by atoms with Crippen LogP contribution >= 0.6 is 23.1 Å². The van der Waals surface area contributed by atoms with Crippen LogP contribution in [0.5, 0.6) is 23.0 Å². The third kappa shape index (κ3) is 6.79. The van der Waals surface area contributed by atoms with Gasteiger partial charge in [-0.2, -0.15) is 0 Å². The van der Waals surface area contributed by atoms with E-state index in [9.17, 15) is 14.7 Å². The van der Waals surface area contributed by atoms with Gasteiger partial charge in [-0.05, 0) is 58.7 Å². The fraction of sp³-hybridized carbons (Fsp3) is 0.243. The number of unbranched alkanes of at least 4 members (excludes halogenated alkanes) is 1. The van der Waals surface area contributed by atoms with Crippen molar-refractivity contribution >= 4 is 56.5 Å². The molecule has 1 aliphatic rings. The number of Topliss-reactive ketones (excluding diaryl/α,β-unsaturated/α-hetero) is 1. The van der Waals surface area contributed by atoms with Gasteiger partial charge in [-0.25, -0.2) is 0 Å². The van der Waals surface area contributed by atoms with Gasteiger partial charge < -0.3 is 24.1 Å². The Bertz CT molecular complexity index is 2040. The van der Waals surface area contributed by atoms with Crippen LogP contribution in [0.4, 0.5) is 5.13 Å². The lowest BCUT2D eigenvalue weighted by molar-refractivity contribution is -0.132. The number of thioether (sulfide) groups is 1. The molecule has 6 rings (SSSR count). The number of rotatable bonds is 13. The number of aliphatic hydroxyl groups is 1. The van der Waals surface area contributed by atoms with Crippen LogP contribution in [-0.2, 0) is 15.3 Å². The molecule has 49 heavy (non-hydrogen) atoms. The highest BCUT2D eigenvalue weighted by Gasteiger charge is 2.48. The lowest BCUT2D eigenvalue weighted by Gasteiger charge is -2.23. The molecular formula is C37H35N3O7S2. The van der Waals surface area contributed by atoms with E-state index < -0.39 is 17.7 Å². The van der Waals surface area contributed by atoms with Crippen LogP contribution in [0, 0.1) is 0 Å². The number of amides is 1. The van der Waals surface area contributed by atoms with E-state index in [0.29, 0.717) is 45.3 Å². The molecule has 0 radical (unpaired) electrons. The Hall–Kier alpha value is -5.07. The molecule has 10 nitrogen and oxygen atoms in total. The molecule has 1 amide bonds. The largest absolute Gasteiger partial charge is 0.507 e. The van der Waals surface area contributed by atoms with E-state index in [4.69, 9.17) is 18.9 Å². The Morgan fingerprint density at radius 3 is 2.39 bits per heavy atom. The molecule has 5 aromatic rings. The number of ketones is 1. The summed E-state index contributed by atoms with van der Waals surface area (Å²) < 4.78 is 23.0. The van der Waals surface area contributed by atoms with Gasteiger partial charge in [0.1, 0.15) is 5.76 Å². The quantitative estimate of drug-likeness (QED) is 0.0326. The number of carbonyl (C=O) groups is 2. The van der Waals surface area contributed by atoms with Crippen LogP contribution in [0.3, 0.4) is 0 Å². The number of hydrogen-bond donors (Lipinski definition) is 1. The van der Waals surface area contributed by atoms with Gasteiger partial charge in [0.15, 0.2) is 27.3 Å². The van der Waals surface area contributed by atoms with Crippen LogP contribution in [0.25, 0.3) is 16.5 Å². The van der Waals surface area contributed by atoms with Gasteiger partial charge in [-0.15, -0.1) is 10.2 Å². The van der Waals surface area contributed by atoms with Crippen molar-refractivity contribution in [3.63, 3.8) is 0 Å². The zero-order valence-corrected chi connectivity index (χ0v) is 29.1. The van der Waals surface area contributed by atoms with Gasteiger partial charge in [-0.3, -0.25) is 14.5 Å². The SMILES string of the molecule is CCCCOc1ccc([C@@H]2C(=C(O)c3ccc(OC)c(OC)c3)C(=O)C(=O)N2c2nnc(SCc3cccc4ccccc34)s2)cc1OC. The molecule has 4 aromatic carbocycles. The molecular weight excluding hydrogens is 663 g/mol. The number of methoxy groups -OCH3 is 3. The third-order valence-electron chi connectivity index (χ3n) is 8.19. The number of aliphatic hydroxyl groups excluding tert-OH is 1. The first-order valence-corrected chi connectivity index (χ1v) is 17.5. The molecule has 1 aromatic heterocycles. The second-order valence-corrected chi connectivity index (χ2v) is 13.3. The zero-order chi connectivity index (χ0) is 34.5. The molecule has 0 bridgehead atoms. The highest BCUT2D eigenvalue weighted by molar-refractivity contribution is 8.00. The van der Waals surface area contributed by atoms with Gasteiger partial charge in [0.05, 0.1) is 39.6 Å². The Kier molecular flexibility index (Phi) is 10.4. The van der Waals surface area contributed by atoms with Gasteiger partial charge >= 0.3 is 5.91 Å². The summed E-state index contributed by atoms with van der Waals surface area (Å²) in [6, 6.07) is 23.3. The first-order valence-electron chi connectivity index (χ1n) is 15.7. The van der Waals surface area contributed by atoms with Crippen LogP contribution < -0.4 is 23.8 Å². The Morgan fingerprint density at radius 2 is 1.61 bits per heavy atom. The summed E-state index contributed by atoms with van der Waals surface area (Å²) in [4.78, 5) is 29.0. The molecule has 0 aliphatic carbocycles. The predicted octanol–water partition coefficient (Wildman–Crippen LogP) is 7.81. The van der Waals surface area contributed by atoms with Crippen molar-refractivity contribution in [2.75, 3.05) is 32.8 Å². The molecule has 0 saturated carbocycles. The van der Waals surface area contributed by atoms with Crippen LogP contribution in [0.1, 0.15) is 42.5 Å². The molecule has 1 aliphatic heterocycles. The average molecular weight is 698 g/mol. The van der Waals surface area contributed by atoms with Crippen molar-refractivity contribution in [2.45, 2.75) is 35.9 Å². The number of ether oxygens (including phenoxy) is 4. The third-order valence-corrected chi connectivity index (χ3v) is 10.3. The number of anilines is 1. The van der Waals surface area contributed by atoms with Gasteiger partial charge in [-0.1, -0.05) is 85.0 Å². The second kappa shape index (κ2) is 15.0. The molecule has 1 N–H and O–H groups in total. The highest BCUT2D eigenvalue weighted by Crippen LogP contribution is 2.46. The van der Waals surface area contributed by atoms with Crippen molar-refractivity contribution in [3.8, 4) is 23.0 Å². The number of nitrogens with zero attached hydrogens (tertiary/aromatic N) is 3. The van der Waals surface area contributed by atoms with Crippen molar-refractivity contribution in [1.29, 1.82) is 0 Å². The van der Waals surface area contributed by atoms with Crippen LogP contribution in [0.15, 0.2) is 88.8 Å². The number of carbonyl (C=O) groups excluding carboxylic acids is 2. The standard InChI is InChI=1S/C37H35N3O7S2/c1-5-6-18-47-28-17-14-23(19-30(28)46-4)32-31(33(41)24-15-16-27(44-2)29(20-24)45-3)34(42)35(43)40(32)36-38-39-37(49-36)48-21-25-12-9-11-22-10-7-8-13-26(22)25/h7-17,19-20,32,41H,5-6,18,21H2,1-4H3/t32-/m1/s1. The molecule has 1 atom stereocenters. The van der Waals surface area contributed by atoms with E-state index in [2.05, 4.69) is 41.4 Å².